The summed E-state index contributed by atoms with van der Waals surface area (Å²) >= 11 is 0. The second kappa shape index (κ2) is 9.98. The van der Waals surface area contributed by atoms with E-state index < -0.39 is 17.7 Å². The minimum atomic E-state index is -4.54. The molecule has 0 saturated carbocycles. The Morgan fingerprint density at radius 3 is 2.06 bits per heavy atom. The third-order valence-corrected chi connectivity index (χ3v) is 5.44. The van der Waals surface area contributed by atoms with Crippen molar-refractivity contribution < 1.29 is 27.8 Å². The summed E-state index contributed by atoms with van der Waals surface area (Å²) in [6.45, 7) is 6.50. The molecule has 3 aromatic carbocycles. The van der Waals surface area contributed by atoms with E-state index in [0.717, 1.165) is 11.6 Å². The summed E-state index contributed by atoms with van der Waals surface area (Å²) < 4.78 is 46.5. The molecule has 3 aromatic rings. The summed E-state index contributed by atoms with van der Waals surface area (Å²) in [5.74, 6) is -0.547. The van der Waals surface area contributed by atoms with Gasteiger partial charge >= 0.3 is 12.1 Å². The van der Waals surface area contributed by atoms with E-state index in [1.54, 1.807) is 68.1 Å². The molecule has 4 nitrogen and oxygen atoms in total. The molecular formula is C26H26F3NO3. The zero-order valence-corrected chi connectivity index (χ0v) is 18.7. The normalized spacial score (nSPS) is 11.3. The first-order chi connectivity index (χ1) is 15.7. The van der Waals surface area contributed by atoms with E-state index in [9.17, 15) is 23.1 Å². The Balaban J connectivity index is 2.04. The Bertz CT molecular complexity index is 1120. The van der Waals surface area contributed by atoms with Crippen LogP contribution in [0, 0.1) is 0 Å². The minimum Gasteiger partial charge on any atom is -0.507 e. The number of aromatic hydroxyl groups is 1. The lowest BCUT2D eigenvalue weighted by molar-refractivity contribution is -0.137. The molecule has 0 fully saturated rings. The highest BCUT2D eigenvalue weighted by Crippen LogP contribution is 2.41. The van der Waals surface area contributed by atoms with Gasteiger partial charge in [-0.05, 0) is 73.9 Å². The van der Waals surface area contributed by atoms with Gasteiger partial charge in [0.2, 0.25) is 0 Å². The second-order valence-corrected chi connectivity index (χ2v) is 7.43. The molecule has 7 heteroatoms. The highest BCUT2D eigenvalue weighted by Gasteiger charge is 2.35. The number of hydrogen-bond acceptors (Lipinski definition) is 4. The van der Waals surface area contributed by atoms with E-state index in [4.69, 9.17) is 4.74 Å². The number of phenolic OH excluding ortho intramolecular Hbond substituents is 1. The quantitative estimate of drug-likeness (QED) is 0.398. The number of rotatable bonds is 7. The molecule has 0 heterocycles. The van der Waals surface area contributed by atoms with Crippen LogP contribution in [0.15, 0.2) is 60.7 Å². The Hall–Kier alpha value is -3.48. The molecule has 0 spiro atoms. The summed E-state index contributed by atoms with van der Waals surface area (Å²) in [6.07, 6.45) is -4.54. The Labute approximate surface area is 191 Å². The van der Waals surface area contributed by atoms with Crippen LogP contribution in [-0.4, -0.2) is 30.8 Å². The van der Waals surface area contributed by atoms with Crippen LogP contribution in [0.25, 0.3) is 22.3 Å². The first-order valence-corrected chi connectivity index (χ1v) is 10.8. The molecule has 0 unspecified atom stereocenters. The lowest BCUT2D eigenvalue weighted by atomic mass is 9.95. The number of anilines is 1. The van der Waals surface area contributed by atoms with Crippen LogP contribution in [0.4, 0.5) is 18.9 Å². The minimum absolute atomic E-state index is 0.112. The number of alkyl halides is 3. The van der Waals surface area contributed by atoms with Crippen LogP contribution < -0.4 is 4.90 Å². The maximum Gasteiger partial charge on any atom is 0.418 e. The first-order valence-electron chi connectivity index (χ1n) is 10.8. The number of esters is 1. The number of phenols is 1. The van der Waals surface area contributed by atoms with Crippen molar-refractivity contribution in [3.63, 3.8) is 0 Å². The van der Waals surface area contributed by atoms with E-state index >= 15 is 0 Å². The van der Waals surface area contributed by atoms with E-state index in [1.165, 1.54) is 12.1 Å². The molecule has 3 rings (SSSR count). The number of carbonyl (C=O) groups excluding carboxylic acids is 1. The number of carbonyl (C=O) groups is 1. The van der Waals surface area contributed by atoms with Crippen LogP contribution >= 0.6 is 0 Å². The van der Waals surface area contributed by atoms with Crippen molar-refractivity contribution >= 4 is 11.7 Å². The van der Waals surface area contributed by atoms with Crippen molar-refractivity contribution in [3.05, 3.63) is 71.8 Å². The summed E-state index contributed by atoms with van der Waals surface area (Å²) in [4.78, 5) is 13.5. The highest BCUT2D eigenvalue weighted by molar-refractivity contribution is 5.90. The molecule has 0 aliphatic rings. The van der Waals surface area contributed by atoms with Gasteiger partial charge in [-0.1, -0.05) is 24.3 Å². The number of nitrogens with zero attached hydrogens (tertiary/aromatic N) is 1. The van der Waals surface area contributed by atoms with Gasteiger partial charge in [-0.2, -0.15) is 13.2 Å². The monoisotopic (exact) mass is 457 g/mol. The van der Waals surface area contributed by atoms with Crippen molar-refractivity contribution in [1.29, 1.82) is 0 Å². The standard InChI is InChI=1S/C26H26F3NO3/c1-4-30(5-2)23-13-11-20(16-22(23)26(27,28)29)21-15-19(12-14-24(21)31)17-7-9-18(10-8-17)25(32)33-6-3/h7-16,31H,4-6H2,1-3H3. The molecule has 0 aromatic heterocycles. The van der Waals surface area contributed by atoms with Crippen LogP contribution in [0.2, 0.25) is 0 Å². The summed E-state index contributed by atoms with van der Waals surface area (Å²) in [5.41, 5.74) is 1.77. The van der Waals surface area contributed by atoms with Crippen LogP contribution in [0.3, 0.4) is 0 Å². The van der Waals surface area contributed by atoms with Crippen LogP contribution in [0.5, 0.6) is 5.75 Å². The fourth-order valence-corrected chi connectivity index (χ4v) is 3.73. The fraction of sp³-hybridized carbons (Fsp3) is 0.269. The molecule has 0 amide bonds. The molecule has 1 N–H and O–H groups in total. The average molecular weight is 457 g/mol. The maximum absolute atomic E-state index is 13.9. The molecule has 0 bridgehead atoms. The predicted octanol–water partition coefficient (Wildman–Crippen LogP) is 6.77. The molecular weight excluding hydrogens is 431 g/mol. The van der Waals surface area contributed by atoms with Crippen molar-refractivity contribution in [3.8, 4) is 28.0 Å². The van der Waals surface area contributed by atoms with Crippen molar-refractivity contribution in [2.45, 2.75) is 26.9 Å². The van der Waals surface area contributed by atoms with Gasteiger partial charge in [0.15, 0.2) is 0 Å². The molecule has 0 aliphatic carbocycles. The topological polar surface area (TPSA) is 49.8 Å². The molecule has 33 heavy (non-hydrogen) atoms. The smallest absolute Gasteiger partial charge is 0.418 e. The Kier molecular flexibility index (Phi) is 7.31. The Morgan fingerprint density at radius 1 is 0.879 bits per heavy atom. The van der Waals surface area contributed by atoms with Gasteiger partial charge in [0, 0.05) is 24.3 Å². The summed E-state index contributed by atoms with van der Waals surface area (Å²) in [7, 11) is 0. The zero-order valence-electron chi connectivity index (χ0n) is 18.7. The van der Waals surface area contributed by atoms with Gasteiger partial charge in [0.05, 0.1) is 17.7 Å². The van der Waals surface area contributed by atoms with E-state index in [0.29, 0.717) is 29.8 Å². The van der Waals surface area contributed by atoms with Crippen LogP contribution in [0.1, 0.15) is 36.7 Å². The van der Waals surface area contributed by atoms with E-state index in [2.05, 4.69) is 0 Å². The number of hydrogen-bond donors (Lipinski definition) is 1. The van der Waals surface area contributed by atoms with Gasteiger partial charge in [-0.3, -0.25) is 0 Å². The van der Waals surface area contributed by atoms with Gasteiger partial charge in [-0.15, -0.1) is 0 Å². The maximum atomic E-state index is 13.9. The SMILES string of the molecule is CCOC(=O)c1ccc(-c2ccc(O)c(-c3ccc(N(CC)CC)c(C(F)(F)F)c3)c2)cc1. The van der Waals surface area contributed by atoms with Crippen molar-refractivity contribution in [2.24, 2.45) is 0 Å². The first kappa shape index (κ1) is 24.2. The largest absolute Gasteiger partial charge is 0.507 e. The fourth-order valence-electron chi connectivity index (χ4n) is 3.73. The zero-order chi connectivity index (χ0) is 24.2. The van der Waals surface area contributed by atoms with E-state index in [-0.39, 0.29) is 23.6 Å². The summed E-state index contributed by atoms with van der Waals surface area (Å²) in [6, 6.07) is 15.6. The van der Waals surface area contributed by atoms with Gasteiger partial charge in [-0.25, -0.2) is 4.79 Å². The third-order valence-electron chi connectivity index (χ3n) is 5.44. The van der Waals surface area contributed by atoms with Gasteiger partial charge in [0.25, 0.3) is 0 Å². The molecule has 0 radical (unpaired) electrons. The lowest BCUT2D eigenvalue weighted by Gasteiger charge is -2.25. The van der Waals surface area contributed by atoms with E-state index in [1.807, 2.05) is 0 Å². The van der Waals surface area contributed by atoms with Gasteiger partial charge in [0.1, 0.15) is 5.75 Å². The number of halogens is 3. The third kappa shape index (κ3) is 5.30. The van der Waals surface area contributed by atoms with Crippen molar-refractivity contribution in [2.75, 3.05) is 24.6 Å². The van der Waals surface area contributed by atoms with Crippen molar-refractivity contribution in [1.82, 2.24) is 0 Å². The average Bonchev–Trinajstić information content (AvgIpc) is 2.80. The molecule has 0 aliphatic heterocycles. The molecule has 0 atom stereocenters. The summed E-state index contributed by atoms with van der Waals surface area (Å²) in [5, 5.41) is 10.4. The number of benzene rings is 3. The molecule has 0 saturated heterocycles. The predicted molar refractivity (Wildman–Crippen MR) is 123 cm³/mol. The van der Waals surface area contributed by atoms with Crippen LogP contribution in [-0.2, 0) is 10.9 Å². The van der Waals surface area contributed by atoms with Gasteiger partial charge < -0.3 is 14.7 Å². The Morgan fingerprint density at radius 2 is 1.48 bits per heavy atom. The molecule has 174 valence electrons. The lowest BCUT2D eigenvalue weighted by Crippen LogP contribution is -2.25. The highest BCUT2D eigenvalue weighted by atomic mass is 19.4. The second-order valence-electron chi connectivity index (χ2n) is 7.43. The number of ether oxygens (including phenoxy) is 1.